The number of anilines is 3. The summed E-state index contributed by atoms with van der Waals surface area (Å²) in [6.45, 7) is 0. The molecule has 98 valence electrons. The fraction of sp³-hybridized carbons (Fsp3) is 0. The number of aromatic nitrogens is 1. The monoisotopic (exact) mass is 326 g/mol. The Hall–Kier alpha value is -2.22. The first-order valence-electron chi connectivity index (χ1n) is 5.10. The second kappa shape index (κ2) is 5.19. The molecule has 0 aliphatic heterocycles. The van der Waals surface area contributed by atoms with Gasteiger partial charge in [0.25, 0.3) is 5.69 Å². The molecule has 0 radical (unpaired) electrons. The molecule has 0 spiro atoms. The highest BCUT2D eigenvalue weighted by atomic mass is 79.9. The van der Waals surface area contributed by atoms with Crippen LogP contribution < -0.4 is 11.1 Å². The molecule has 3 N–H and O–H groups in total. The summed E-state index contributed by atoms with van der Waals surface area (Å²) in [5.74, 6) is -0.425. The van der Waals surface area contributed by atoms with Crippen LogP contribution >= 0.6 is 15.9 Å². The van der Waals surface area contributed by atoms with Gasteiger partial charge in [-0.25, -0.2) is 9.37 Å². The number of nitrogens with one attached hydrogen (secondary N) is 1. The largest absolute Gasteiger partial charge is 0.383 e. The first kappa shape index (κ1) is 13.2. The lowest BCUT2D eigenvalue weighted by Gasteiger charge is -2.07. The SMILES string of the molecule is Nc1cc([N+](=O)[O-])cc(Nc2cc(Br)ccc2F)n1. The van der Waals surface area contributed by atoms with Crippen LogP contribution in [0.4, 0.5) is 27.4 Å². The number of pyridine rings is 1. The van der Waals surface area contributed by atoms with Crippen LogP contribution in [0.3, 0.4) is 0 Å². The van der Waals surface area contributed by atoms with Crippen molar-refractivity contribution in [1.82, 2.24) is 4.98 Å². The van der Waals surface area contributed by atoms with Crippen LogP contribution in [0.15, 0.2) is 34.8 Å². The fourth-order valence-corrected chi connectivity index (χ4v) is 1.80. The Balaban J connectivity index is 2.38. The average Bonchev–Trinajstić information content (AvgIpc) is 2.33. The third kappa shape index (κ3) is 3.16. The predicted octanol–water partition coefficient (Wildman–Crippen LogP) is 3.22. The lowest BCUT2D eigenvalue weighted by Crippen LogP contribution is -2.01. The number of nitro groups is 1. The summed E-state index contributed by atoms with van der Waals surface area (Å²) >= 11 is 3.20. The molecule has 1 aromatic heterocycles. The van der Waals surface area contributed by atoms with Gasteiger partial charge in [0.2, 0.25) is 0 Å². The van der Waals surface area contributed by atoms with Crippen LogP contribution in [0.25, 0.3) is 0 Å². The summed E-state index contributed by atoms with van der Waals surface area (Å²) in [7, 11) is 0. The third-order valence-electron chi connectivity index (χ3n) is 2.23. The second-order valence-electron chi connectivity index (χ2n) is 3.64. The summed E-state index contributed by atoms with van der Waals surface area (Å²) in [5, 5.41) is 13.3. The van der Waals surface area contributed by atoms with E-state index in [1.807, 2.05) is 0 Å². The normalized spacial score (nSPS) is 10.2. The number of nitrogen functional groups attached to an aromatic ring is 1. The van der Waals surface area contributed by atoms with Crippen molar-refractivity contribution in [2.45, 2.75) is 0 Å². The number of halogens is 2. The lowest BCUT2D eigenvalue weighted by molar-refractivity contribution is -0.384. The Morgan fingerprint density at radius 3 is 2.79 bits per heavy atom. The van der Waals surface area contributed by atoms with E-state index >= 15 is 0 Å². The topological polar surface area (TPSA) is 94.1 Å². The van der Waals surface area contributed by atoms with Crippen LogP contribution in [-0.4, -0.2) is 9.91 Å². The zero-order chi connectivity index (χ0) is 14.0. The van der Waals surface area contributed by atoms with Crippen LogP contribution in [-0.2, 0) is 0 Å². The molecule has 19 heavy (non-hydrogen) atoms. The first-order chi connectivity index (χ1) is 8.95. The number of hydrogen-bond acceptors (Lipinski definition) is 5. The molecule has 6 nitrogen and oxygen atoms in total. The maximum Gasteiger partial charge on any atom is 0.276 e. The minimum absolute atomic E-state index is 0.0212. The van der Waals surface area contributed by atoms with Crippen molar-refractivity contribution in [2.24, 2.45) is 0 Å². The van der Waals surface area contributed by atoms with E-state index < -0.39 is 10.7 Å². The Labute approximate surface area is 115 Å². The van der Waals surface area contributed by atoms with E-state index in [1.54, 1.807) is 0 Å². The highest BCUT2D eigenvalue weighted by molar-refractivity contribution is 9.10. The number of rotatable bonds is 3. The van der Waals surface area contributed by atoms with E-state index in [4.69, 9.17) is 5.73 Å². The number of hydrogen-bond donors (Lipinski definition) is 2. The minimum atomic E-state index is -0.597. The van der Waals surface area contributed by atoms with Gasteiger partial charge >= 0.3 is 0 Å². The summed E-state index contributed by atoms with van der Waals surface area (Å²) in [6, 6.07) is 6.59. The lowest BCUT2D eigenvalue weighted by atomic mass is 10.3. The molecule has 0 saturated heterocycles. The van der Waals surface area contributed by atoms with E-state index in [0.29, 0.717) is 4.47 Å². The molecule has 0 amide bonds. The number of nitrogens with zero attached hydrogens (tertiary/aromatic N) is 2. The molecule has 8 heteroatoms. The van der Waals surface area contributed by atoms with E-state index in [-0.39, 0.29) is 23.0 Å². The van der Waals surface area contributed by atoms with Gasteiger partial charge in [-0.2, -0.15) is 0 Å². The third-order valence-corrected chi connectivity index (χ3v) is 2.73. The Kier molecular flexibility index (Phi) is 3.61. The van der Waals surface area contributed by atoms with E-state index in [2.05, 4.69) is 26.2 Å². The van der Waals surface area contributed by atoms with Gasteiger partial charge in [-0.3, -0.25) is 10.1 Å². The van der Waals surface area contributed by atoms with Gasteiger partial charge in [-0.05, 0) is 18.2 Å². The van der Waals surface area contributed by atoms with E-state index in [0.717, 1.165) is 6.07 Å². The molecular weight excluding hydrogens is 319 g/mol. The molecule has 0 bridgehead atoms. The van der Waals surface area contributed by atoms with Crippen molar-refractivity contribution in [2.75, 3.05) is 11.1 Å². The summed E-state index contributed by atoms with van der Waals surface area (Å²) in [4.78, 5) is 14.0. The Morgan fingerprint density at radius 2 is 2.11 bits per heavy atom. The van der Waals surface area contributed by atoms with Gasteiger partial charge in [-0.1, -0.05) is 15.9 Å². The second-order valence-corrected chi connectivity index (χ2v) is 4.56. The first-order valence-corrected chi connectivity index (χ1v) is 5.89. The quantitative estimate of drug-likeness (QED) is 0.667. The molecule has 0 unspecified atom stereocenters. The van der Waals surface area contributed by atoms with Crippen LogP contribution in [0, 0.1) is 15.9 Å². The number of benzene rings is 1. The van der Waals surface area contributed by atoms with Crippen LogP contribution in [0.1, 0.15) is 0 Å². The highest BCUT2D eigenvalue weighted by Gasteiger charge is 2.11. The molecule has 1 aromatic carbocycles. The maximum absolute atomic E-state index is 13.5. The van der Waals surface area contributed by atoms with Crippen LogP contribution in [0.2, 0.25) is 0 Å². The molecule has 2 rings (SSSR count). The molecule has 0 atom stereocenters. The van der Waals surface area contributed by atoms with E-state index in [1.165, 1.54) is 24.3 Å². The maximum atomic E-state index is 13.5. The van der Waals surface area contributed by atoms with Crippen molar-refractivity contribution in [3.63, 3.8) is 0 Å². The predicted molar refractivity (Wildman–Crippen MR) is 72.7 cm³/mol. The van der Waals surface area contributed by atoms with Crippen molar-refractivity contribution in [3.05, 3.63) is 50.7 Å². The smallest absolute Gasteiger partial charge is 0.276 e. The molecule has 2 aromatic rings. The zero-order valence-electron chi connectivity index (χ0n) is 9.43. The molecule has 0 fully saturated rings. The molecule has 1 heterocycles. The molecular formula is C11H8BrFN4O2. The standard InChI is InChI=1S/C11H8BrFN4O2/c12-6-1-2-8(13)9(3-6)15-11-5-7(17(18)19)4-10(14)16-11/h1-5H,(H3,14,15,16). The van der Waals surface area contributed by atoms with Crippen molar-refractivity contribution in [1.29, 1.82) is 0 Å². The van der Waals surface area contributed by atoms with Gasteiger partial charge in [0.15, 0.2) is 0 Å². The van der Waals surface area contributed by atoms with Gasteiger partial charge in [0, 0.05) is 4.47 Å². The molecule has 0 aliphatic carbocycles. The van der Waals surface area contributed by atoms with Crippen molar-refractivity contribution < 1.29 is 9.31 Å². The van der Waals surface area contributed by atoms with Crippen molar-refractivity contribution >= 4 is 38.9 Å². The molecule has 0 saturated carbocycles. The van der Waals surface area contributed by atoms with Crippen LogP contribution in [0.5, 0.6) is 0 Å². The average molecular weight is 327 g/mol. The van der Waals surface area contributed by atoms with Gasteiger partial charge in [0.05, 0.1) is 22.7 Å². The Morgan fingerprint density at radius 1 is 1.37 bits per heavy atom. The summed E-state index contributed by atoms with van der Waals surface area (Å²) in [5.41, 5.74) is 5.38. The van der Waals surface area contributed by atoms with Gasteiger partial charge in [-0.15, -0.1) is 0 Å². The number of nitrogens with two attached hydrogens (primary N) is 1. The summed E-state index contributed by atoms with van der Waals surface area (Å²) < 4.78 is 14.2. The summed E-state index contributed by atoms with van der Waals surface area (Å²) in [6.07, 6.45) is 0. The van der Waals surface area contributed by atoms with Crippen molar-refractivity contribution in [3.8, 4) is 0 Å². The molecule has 0 aliphatic rings. The van der Waals surface area contributed by atoms with E-state index in [9.17, 15) is 14.5 Å². The Bertz CT molecular complexity index is 651. The van der Waals surface area contributed by atoms with Gasteiger partial charge < -0.3 is 11.1 Å². The fourth-order valence-electron chi connectivity index (χ4n) is 1.44. The zero-order valence-corrected chi connectivity index (χ0v) is 11.0. The minimum Gasteiger partial charge on any atom is -0.383 e. The van der Waals surface area contributed by atoms with Gasteiger partial charge in [0.1, 0.15) is 17.5 Å². The highest BCUT2D eigenvalue weighted by Crippen LogP contribution is 2.25.